The number of benzene rings is 2. The third kappa shape index (κ3) is 5.34. The van der Waals surface area contributed by atoms with Crippen LogP contribution in [0.1, 0.15) is 30.9 Å². The summed E-state index contributed by atoms with van der Waals surface area (Å²) in [4.78, 5) is 8.88. The Morgan fingerprint density at radius 1 is 1.09 bits per heavy atom. The van der Waals surface area contributed by atoms with Crippen LogP contribution in [-0.2, 0) is 0 Å². The van der Waals surface area contributed by atoms with Crippen molar-refractivity contribution in [3.05, 3.63) is 47.8 Å². The number of thiocarbonyl (C=S) groups is 1. The number of aromatic nitrogens is 2. The predicted octanol–water partition coefficient (Wildman–Crippen LogP) is 4.83. The van der Waals surface area contributed by atoms with E-state index in [2.05, 4.69) is 58.8 Å². The van der Waals surface area contributed by atoms with Crippen LogP contribution in [0.2, 0.25) is 0 Å². The number of nitrogens with one attached hydrogen (secondary N) is 3. The maximum absolute atomic E-state index is 6.34. The zero-order valence-electron chi connectivity index (χ0n) is 19.6. The molecule has 1 saturated heterocycles. The van der Waals surface area contributed by atoms with Gasteiger partial charge in [-0.2, -0.15) is 0 Å². The van der Waals surface area contributed by atoms with E-state index in [0.29, 0.717) is 28.3 Å². The highest BCUT2D eigenvalue weighted by Gasteiger charge is 2.23. The second-order valence-electron chi connectivity index (χ2n) is 8.50. The van der Waals surface area contributed by atoms with Crippen LogP contribution in [0.25, 0.3) is 10.9 Å². The van der Waals surface area contributed by atoms with Crippen molar-refractivity contribution in [2.75, 3.05) is 30.8 Å². The summed E-state index contributed by atoms with van der Waals surface area (Å²) >= 11 is 5.57. The quantitative estimate of drug-likeness (QED) is 0.447. The molecule has 1 unspecified atom stereocenters. The summed E-state index contributed by atoms with van der Waals surface area (Å²) in [5.74, 6) is 2.47. The maximum Gasteiger partial charge on any atom is 0.176 e. The van der Waals surface area contributed by atoms with Crippen LogP contribution in [0.5, 0.6) is 11.5 Å². The van der Waals surface area contributed by atoms with Crippen molar-refractivity contribution in [2.45, 2.75) is 39.7 Å². The van der Waals surface area contributed by atoms with E-state index in [0.717, 1.165) is 53.6 Å². The Kier molecular flexibility index (Phi) is 7.25. The van der Waals surface area contributed by atoms with E-state index in [1.165, 1.54) is 6.33 Å². The van der Waals surface area contributed by atoms with Gasteiger partial charge >= 0.3 is 0 Å². The van der Waals surface area contributed by atoms with Gasteiger partial charge in [0.1, 0.15) is 12.1 Å². The van der Waals surface area contributed by atoms with Crippen molar-refractivity contribution in [1.82, 2.24) is 15.3 Å². The number of ether oxygens (including phenoxy) is 2. The predicted molar refractivity (Wildman–Crippen MR) is 138 cm³/mol. The molecular formula is C25H31N5O2S. The Morgan fingerprint density at radius 2 is 1.82 bits per heavy atom. The molecule has 1 aliphatic heterocycles. The molecule has 3 aromatic rings. The minimum Gasteiger partial charge on any atom is -0.493 e. The number of hydrogen-bond acceptors (Lipinski definition) is 6. The van der Waals surface area contributed by atoms with Crippen LogP contribution in [-0.4, -0.2) is 41.4 Å². The van der Waals surface area contributed by atoms with E-state index >= 15 is 0 Å². The largest absolute Gasteiger partial charge is 0.493 e. The van der Waals surface area contributed by atoms with Crippen LogP contribution >= 0.6 is 12.2 Å². The topological polar surface area (TPSA) is 80.3 Å². The van der Waals surface area contributed by atoms with Gasteiger partial charge in [0.05, 0.1) is 18.7 Å². The molecule has 1 fully saturated rings. The van der Waals surface area contributed by atoms with Crippen molar-refractivity contribution >= 4 is 39.7 Å². The fraction of sp³-hybridized carbons (Fsp3) is 0.400. The Balaban J connectivity index is 1.56. The van der Waals surface area contributed by atoms with Gasteiger partial charge in [0.25, 0.3) is 0 Å². The molecule has 1 aromatic heterocycles. The molecule has 2 heterocycles. The molecule has 1 aliphatic rings. The van der Waals surface area contributed by atoms with E-state index < -0.39 is 0 Å². The smallest absolute Gasteiger partial charge is 0.176 e. The second-order valence-corrected chi connectivity index (χ2v) is 8.91. The summed E-state index contributed by atoms with van der Waals surface area (Å²) in [5, 5.41) is 11.2. The van der Waals surface area contributed by atoms with E-state index in [1.54, 1.807) is 7.11 Å². The summed E-state index contributed by atoms with van der Waals surface area (Å²) in [6, 6.07) is 9.96. The molecule has 0 bridgehead atoms. The highest BCUT2D eigenvalue weighted by atomic mass is 32.1. The summed E-state index contributed by atoms with van der Waals surface area (Å²) < 4.78 is 12.0. The van der Waals surface area contributed by atoms with Gasteiger partial charge in [-0.05, 0) is 82.0 Å². The molecule has 7 nitrogen and oxygen atoms in total. The van der Waals surface area contributed by atoms with Gasteiger partial charge in [-0.15, -0.1) is 0 Å². The lowest BCUT2D eigenvalue weighted by Gasteiger charge is -2.29. The van der Waals surface area contributed by atoms with Crippen molar-refractivity contribution in [3.8, 4) is 11.5 Å². The van der Waals surface area contributed by atoms with Crippen LogP contribution in [0.4, 0.5) is 11.5 Å². The van der Waals surface area contributed by atoms with Gasteiger partial charge in [0.15, 0.2) is 16.6 Å². The van der Waals surface area contributed by atoms with E-state index in [1.807, 2.05) is 18.2 Å². The molecule has 0 spiro atoms. The fourth-order valence-electron chi connectivity index (χ4n) is 4.29. The first-order valence-electron chi connectivity index (χ1n) is 11.3. The number of fused-ring (bicyclic) bond motifs is 1. The van der Waals surface area contributed by atoms with Crippen molar-refractivity contribution < 1.29 is 9.47 Å². The maximum atomic E-state index is 6.34. The Hall–Kier alpha value is -2.97. The van der Waals surface area contributed by atoms with Crippen molar-refractivity contribution in [2.24, 2.45) is 5.92 Å². The lowest BCUT2D eigenvalue weighted by molar-refractivity contribution is 0.124. The Bertz CT molecular complexity index is 1130. The van der Waals surface area contributed by atoms with Gasteiger partial charge < -0.3 is 25.4 Å². The third-order valence-corrected chi connectivity index (χ3v) is 6.44. The first-order chi connectivity index (χ1) is 16.0. The summed E-state index contributed by atoms with van der Waals surface area (Å²) in [6.07, 6.45) is 3.83. The minimum absolute atomic E-state index is 0.0898. The zero-order valence-corrected chi connectivity index (χ0v) is 20.4. The van der Waals surface area contributed by atoms with E-state index in [9.17, 15) is 0 Å². The molecule has 33 heavy (non-hydrogen) atoms. The molecule has 174 valence electrons. The van der Waals surface area contributed by atoms with Gasteiger partial charge in [-0.25, -0.2) is 9.97 Å². The number of hydrogen-bond donors (Lipinski definition) is 3. The van der Waals surface area contributed by atoms with Crippen LogP contribution in [0, 0.1) is 19.8 Å². The van der Waals surface area contributed by atoms with Gasteiger partial charge in [0.2, 0.25) is 0 Å². The number of aryl methyl sites for hydroxylation is 2. The lowest BCUT2D eigenvalue weighted by Crippen LogP contribution is -2.35. The molecule has 0 amide bonds. The first-order valence-corrected chi connectivity index (χ1v) is 11.7. The third-order valence-electron chi connectivity index (χ3n) is 6.23. The van der Waals surface area contributed by atoms with Gasteiger partial charge in [0, 0.05) is 17.1 Å². The van der Waals surface area contributed by atoms with E-state index in [4.69, 9.17) is 21.7 Å². The average Bonchev–Trinajstić information content (AvgIpc) is 2.82. The normalized spacial score (nSPS) is 15.2. The minimum atomic E-state index is 0.0898. The molecule has 8 heteroatoms. The molecule has 2 aromatic carbocycles. The highest BCUT2D eigenvalue weighted by Crippen LogP contribution is 2.36. The Labute approximate surface area is 200 Å². The second kappa shape index (κ2) is 10.3. The SMILES string of the molecule is COc1cc2c(NC(=S)Nc3c(C)cccc3C)ncnc2cc1OC(C)C1CCNCC1. The standard InChI is InChI=1S/C25H31N5O2S/c1-15-6-5-7-16(2)23(15)29-25(33)30-24-19-12-21(31-4)22(13-20(19)27-14-28-24)32-17(3)18-8-10-26-11-9-18/h5-7,12-14,17-18,26H,8-11H2,1-4H3,(H2,27,28,29,30,33). The van der Waals surface area contributed by atoms with Crippen molar-refractivity contribution in [1.29, 1.82) is 0 Å². The molecular weight excluding hydrogens is 434 g/mol. The summed E-state index contributed by atoms with van der Waals surface area (Å²) in [7, 11) is 1.65. The lowest BCUT2D eigenvalue weighted by atomic mass is 9.93. The number of rotatable bonds is 6. The van der Waals surface area contributed by atoms with Crippen LogP contribution in [0.15, 0.2) is 36.7 Å². The molecule has 0 radical (unpaired) electrons. The number of methoxy groups -OCH3 is 1. The van der Waals surface area contributed by atoms with Crippen molar-refractivity contribution in [3.63, 3.8) is 0 Å². The average molecular weight is 466 g/mol. The number of anilines is 2. The molecule has 1 atom stereocenters. The fourth-order valence-corrected chi connectivity index (χ4v) is 4.49. The molecule has 0 saturated carbocycles. The van der Waals surface area contributed by atoms with Crippen LogP contribution in [0.3, 0.4) is 0 Å². The molecule has 4 rings (SSSR count). The number of nitrogens with zero attached hydrogens (tertiary/aromatic N) is 2. The van der Waals surface area contributed by atoms with Gasteiger partial charge in [-0.3, -0.25) is 0 Å². The zero-order chi connectivity index (χ0) is 23.4. The molecule has 0 aliphatic carbocycles. The summed E-state index contributed by atoms with van der Waals surface area (Å²) in [5.41, 5.74) is 4.00. The van der Waals surface area contributed by atoms with E-state index in [-0.39, 0.29) is 6.10 Å². The Morgan fingerprint density at radius 3 is 2.52 bits per heavy atom. The molecule has 3 N–H and O–H groups in total. The monoisotopic (exact) mass is 465 g/mol. The number of piperidine rings is 1. The highest BCUT2D eigenvalue weighted by molar-refractivity contribution is 7.80. The summed E-state index contributed by atoms with van der Waals surface area (Å²) in [6.45, 7) is 8.30. The van der Waals surface area contributed by atoms with Gasteiger partial charge in [-0.1, -0.05) is 18.2 Å². The van der Waals surface area contributed by atoms with Crippen LogP contribution < -0.4 is 25.4 Å². The first kappa shape index (κ1) is 23.2. The number of para-hydroxylation sites is 1.